The van der Waals surface area contributed by atoms with Gasteiger partial charge in [-0.25, -0.2) is 4.99 Å². The first-order valence-corrected chi connectivity index (χ1v) is 7.31. The molecular weight excluding hydrogens is 318 g/mol. The highest BCUT2D eigenvalue weighted by Crippen LogP contribution is 2.39. The number of nitrogens with zero attached hydrogens (tertiary/aromatic N) is 1. The summed E-state index contributed by atoms with van der Waals surface area (Å²) in [5, 5.41) is 9.76. The van der Waals surface area contributed by atoms with Gasteiger partial charge in [-0.15, -0.1) is 0 Å². The average Bonchev–Trinajstić information content (AvgIpc) is 2.81. The number of rotatable bonds is 4. The third-order valence-electron chi connectivity index (χ3n) is 3.40. The number of aromatic nitrogens is 1. The van der Waals surface area contributed by atoms with Crippen molar-refractivity contribution in [3.63, 3.8) is 0 Å². The molecule has 2 rings (SSSR count). The van der Waals surface area contributed by atoms with E-state index in [-0.39, 0.29) is 5.75 Å². The van der Waals surface area contributed by atoms with Crippen molar-refractivity contribution in [2.45, 2.75) is 26.2 Å². The molecule has 0 aliphatic carbocycles. The van der Waals surface area contributed by atoms with E-state index in [1.807, 2.05) is 12.3 Å². The molecule has 1 heterocycles. The van der Waals surface area contributed by atoms with Crippen LogP contribution in [0.3, 0.4) is 0 Å². The van der Waals surface area contributed by atoms with E-state index < -0.39 is 0 Å². The van der Waals surface area contributed by atoms with Gasteiger partial charge in [0.15, 0.2) is 0 Å². The molecule has 0 bridgehead atoms. The lowest BCUT2D eigenvalue weighted by atomic mass is 9.93. The van der Waals surface area contributed by atoms with Gasteiger partial charge in [-0.1, -0.05) is 29.8 Å². The van der Waals surface area contributed by atoms with Gasteiger partial charge in [-0.2, -0.15) is 0 Å². The number of nitrogens with two attached hydrogens (primary N) is 1. The Kier molecular flexibility index (Phi) is 4.49. The average molecular weight is 336 g/mol. The zero-order valence-corrected chi connectivity index (χ0v) is 13.1. The maximum absolute atomic E-state index is 9.76. The molecule has 1 unspecified atom stereocenters. The van der Waals surface area contributed by atoms with Crippen LogP contribution in [0.25, 0.3) is 11.1 Å². The van der Waals surface area contributed by atoms with E-state index in [9.17, 15) is 5.11 Å². The van der Waals surface area contributed by atoms with Gasteiger partial charge in [0.05, 0.1) is 6.34 Å². The first kappa shape index (κ1) is 14.7. The molecule has 0 radical (unpaired) electrons. The minimum Gasteiger partial charge on any atom is -0.508 e. The van der Waals surface area contributed by atoms with Crippen LogP contribution < -0.4 is 5.73 Å². The third-order valence-corrected chi connectivity index (χ3v) is 3.86. The normalized spacial score (nSPS) is 12.9. The van der Waals surface area contributed by atoms with Crippen LogP contribution in [0, 0.1) is 0 Å². The van der Waals surface area contributed by atoms with Gasteiger partial charge < -0.3 is 15.8 Å². The Bertz CT molecular complexity index is 614. The summed E-state index contributed by atoms with van der Waals surface area (Å²) in [6.45, 7) is 4.29. The zero-order chi connectivity index (χ0) is 14.7. The van der Waals surface area contributed by atoms with Gasteiger partial charge in [0, 0.05) is 21.8 Å². The van der Waals surface area contributed by atoms with Crippen LogP contribution in [-0.4, -0.2) is 16.4 Å². The summed E-state index contributed by atoms with van der Waals surface area (Å²) in [5.41, 5.74) is 8.51. The van der Waals surface area contributed by atoms with Crippen LogP contribution >= 0.6 is 15.9 Å². The molecule has 4 N–H and O–H groups in total. The molecule has 106 valence electrons. The highest BCUT2D eigenvalue weighted by atomic mass is 79.9. The molecule has 4 nitrogen and oxygen atoms in total. The van der Waals surface area contributed by atoms with E-state index in [0.717, 1.165) is 33.4 Å². The summed E-state index contributed by atoms with van der Waals surface area (Å²) >= 11 is 3.41. The Hall–Kier alpha value is -1.75. The standard InChI is InChI=1S/C15H18BrN3O/c1-3-9(2)14-13(7-18-15(14)19-8-17)10-4-11(16)6-12(20)5-10/h4-9,18,20H,3H2,1-2H3,(H2,17,19). The van der Waals surface area contributed by atoms with Gasteiger partial charge in [0.2, 0.25) is 0 Å². The molecule has 0 fully saturated rings. The second kappa shape index (κ2) is 6.13. The molecule has 0 saturated heterocycles. The fourth-order valence-electron chi connectivity index (χ4n) is 2.28. The van der Waals surface area contributed by atoms with Gasteiger partial charge in [0.1, 0.15) is 11.6 Å². The number of aromatic hydroxyl groups is 1. The molecule has 2 aromatic rings. The molecule has 20 heavy (non-hydrogen) atoms. The fraction of sp³-hybridized carbons (Fsp3) is 0.267. The summed E-state index contributed by atoms with van der Waals surface area (Å²) in [6, 6.07) is 5.39. The van der Waals surface area contributed by atoms with E-state index >= 15 is 0 Å². The van der Waals surface area contributed by atoms with Crippen molar-refractivity contribution in [3.05, 3.63) is 34.4 Å². The number of phenolic OH excluding ortho intramolecular Hbond substituents is 1. The summed E-state index contributed by atoms with van der Waals surface area (Å²) in [6.07, 6.45) is 4.20. The Morgan fingerprint density at radius 3 is 2.80 bits per heavy atom. The quantitative estimate of drug-likeness (QED) is 0.576. The van der Waals surface area contributed by atoms with E-state index in [4.69, 9.17) is 5.73 Å². The number of aliphatic imine (C=N–C) groups is 1. The van der Waals surface area contributed by atoms with E-state index in [1.54, 1.807) is 12.1 Å². The predicted octanol–water partition coefficient (Wildman–Crippen LogP) is 4.28. The molecule has 0 saturated carbocycles. The molecule has 1 aromatic carbocycles. The highest BCUT2D eigenvalue weighted by Gasteiger charge is 2.18. The first-order valence-electron chi connectivity index (χ1n) is 6.52. The molecule has 5 heteroatoms. The molecule has 0 spiro atoms. The van der Waals surface area contributed by atoms with Crippen molar-refractivity contribution in [1.82, 2.24) is 4.98 Å². The highest BCUT2D eigenvalue weighted by molar-refractivity contribution is 9.10. The van der Waals surface area contributed by atoms with Crippen molar-refractivity contribution in [1.29, 1.82) is 0 Å². The van der Waals surface area contributed by atoms with Gasteiger partial charge >= 0.3 is 0 Å². The van der Waals surface area contributed by atoms with Crippen LogP contribution in [-0.2, 0) is 0 Å². The van der Waals surface area contributed by atoms with Crippen LogP contribution in [0.5, 0.6) is 5.75 Å². The Morgan fingerprint density at radius 1 is 1.45 bits per heavy atom. The van der Waals surface area contributed by atoms with Crippen molar-refractivity contribution in [2.75, 3.05) is 0 Å². The Balaban J connectivity index is 2.61. The number of nitrogens with one attached hydrogen (secondary N) is 1. The van der Waals surface area contributed by atoms with Crippen LogP contribution in [0.15, 0.2) is 33.9 Å². The van der Waals surface area contributed by atoms with Gasteiger partial charge in [-0.05, 0) is 36.1 Å². The van der Waals surface area contributed by atoms with E-state index in [0.29, 0.717) is 5.92 Å². The van der Waals surface area contributed by atoms with Gasteiger partial charge in [-0.3, -0.25) is 0 Å². The van der Waals surface area contributed by atoms with E-state index in [2.05, 4.69) is 39.8 Å². The molecule has 1 aromatic heterocycles. The number of aromatic amines is 1. The van der Waals surface area contributed by atoms with E-state index in [1.165, 1.54) is 6.34 Å². The van der Waals surface area contributed by atoms with Crippen LogP contribution in [0.4, 0.5) is 5.82 Å². The SMILES string of the molecule is CCC(C)c1c(-c2cc(O)cc(Br)c2)c[nH]c1/N=C\N. The lowest BCUT2D eigenvalue weighted by molar-refractivity contribution is 0.475. The minimum atomic E-state index is 0.231. The number of hydrogen-bond acceptors (Lipinski definition) is 2. The van der Waals surface area contributed by atoms with Crippen molar-refractivity contribution < 1.29 is 5.11 Å². The zero-order valence-electron chi connectivity index (χ0n) is 11.5. The number of H-pyrrole nitrogens is 1. The van der Waals surface area contributed by atoms with Crippen molar-refractivity contribution in [2.24, 2.45) is 10.7 Å². The second-order valence-electron chi connectivity index (χ2n) is 4.75. The van der Waals surface area contributed by atoms with Crippen molar-refractivity contribution in [3.8, 4) is 16.9 Å². The summed E-state index contributed by atoms with van der Waals surface area (Å²) < 4.78 is 0.840. The lowest BCUT2D eigenvalue weighted by Gasteiger charge is -2.12. The molecule has 1 atom stereocenters. The Labute approximate surface area is 126 Å². The largest absolute Gasteiger partial charge is 0.508 e. The second-order valence-corrected chi connectivity index (χ2v) is 5.67. The smallest absolute Gasteiger partial charge is 0.135 e. The number of halogens is 1. The summed E-state index contributed by atoms with van der Waals surface area (Å²) in [4.78, 5) is 7.34. The number of hydrogen-bond donors (Lipinski definition) is 3. The third kappa shape index (κ3) is 2.88. The topological polar surface area (TPSA) is 74.4 Å². The molecule has 0 aliphatic rings. The number of benzene rings is 1. The maximum atomic E-state index is 9.76. The van der Waals surface area contributed by atoms with Crippen molar-refractivity contribution >= 4 is 28.1 Å². The van der Waals surface area contributed by atoms with Gasteiger partial charge in [0.25, 0.3) is 0 Å². The minimum absolute atomic E-state index is 0.231. The summed E-state index contributed by atoms with van der Waals surface area (Å²) in [5.74, 6) is 1.35. The van der Waals surface area contributed by atoms with Crippen LogP contribution in [0.2, 0.25) is 0 Å². The lowest BCUT2D eigenvalue weighted by Crippen LogP contribution is -1.94. The maximum Gasteiger partial charge on any atom is 0.135 e. The fourth-order valence-corrected chi connectivity index (χ4v) is 2.76. The molecular formula is C15H18BrN3O. The summed E-state index contributed by atoms with van der Waals surface area (Å²) in [7, 11) is 0. The Morgan fingerprint density at radius 2 is 2.20 bits per heavy atom. The molecule has 0 aliphatic heterocycles. The monoisotopic (exact) mass is 335 g/mol. The van der Waals surface area contributed by atoms with Crippen LogP contribution in [0.1, 0.15) is 31.7 Å². The predicted molar refractivity (Wildman–Crippen MR) is 86.6 cm³/mol. The number of phenols is 1. The molecule has 0 amide bonds. The first-order chi connectivity index (χ1) is 9.56.